The number of nitrogens with one attached hydrogen (secondary N) is 2. The Hall–Kier alpha value is -0.280. The van der Waals surface area contributed by atoms with Gasteiger partial charge in [0.25, 0.3) is 0 Å². The lowest BCUT2D eigenvalue weighted by Gasteiger charge is -2.17. The van der Waals surface area contributed by atoms with Gasteiger partial charge in [-0.05, 0) is 18.2 Å². The first-order valence-corrected chi connectivity index (χ1v) is 7.55. The van der Waals surface area contributed by atoms with E-state index in [2.05, 4.69) is 10.0 Å². The summed E-state index contributed by atoms with van der Waals surface area (Å²) in [5, 5.41) is 12.8. The van der Waals surface area contributed by atoms with Gasteiger partial charge in [0, 0.05) is 18.1 Å². The van der Waals surface area contributed by atoms with Crippen LogP contribution in [0.3, 0.4) is 0 Å². The van der Waals surface area contributed by atoms with Crippen molar-refractivity contribution in [2.24, 2.45) is 0 Å². The number of β-amino-alcohol motifs (C(OH)–C–C–N with tert-alkyl or cyclic N) is 1. The molecule has 1 aliphatic rings. The predicted molar refractivity (Wildman–Crippen MR) is 85.5 cm³/mol. The smallest absolute Gasteiger partial charge is 0.244 e. The third-order valence-corrected chi connectivity index (χ3v) is 4.65. The van der Waals surface area contributed by atoms with Gasteiger partial charge >= 0.3 is 0 Å². The second kappa shape index (κ2) is 8.38. The summed E-state index contributed by atoms with van der Waals surface area (Å²) in [5.41, 5.74) is 0. The zero-order valence-electron chi connectivity index (χ0n) is 11.1. The fourth-order valence-electron chi connectivity index (χ4n) is 1.91. The molecule has 0 aromatic heterocycles. The first-order valence-electron chi connectivity index (χ1n) is 5.68. The van der Waals surface area contributed by atoms with Crippen LogP contribution in [0.15, 0.2) is 23.1 Å². The Kier molecular flexibility index (Phi) is 8.27. The van der Waals surface area contributed by atoms with E-state index in [9.17, 15) is 13.5 Å². The molecule has 1 fully saturated rings. The number of hydrogen-bond donors (Lipinski definition) is 3. The quantitative estimate of drug-likeness (QED) is 0.720. The summed E-state index contributed by atoms with van der Waals surface area (Å²) >= 11 is 5.82. The second-order valence-electron chi connectivity index (χ2n) is 4.25. The van der Waals surface area contributed by atoms with Crippen LogP contribution in [-0.2, 0) is 10.0 Å². The van der Waals surface area contributed by atoms with Crippen LogP contribution >= 0.6 is 36.4 Å². The number of aliphatic hydroxyl groups is 1. The number of rotatable bonds is 4. The molecule has 3 N–H and O–H groups in total. The van der Waals surface area contributed by atoms with Gasteiger partial charge in [-0.25, -0.2) is 13.1 Å². The number of benzene rings is 1. The van der Waals surface area contributed by atoms with Gasteiger partial charge in [-0.2, -0.15) is 0 Å². The Morgan fingerprint density at radius 3 is 2.57 bits per heavy atom. The monoisotopic (exact) mass is 378 g/mol. The minimum atomic E-state index is -3.80. The molecule has 1 aromatic carbocycles. The Bertz CT molecular complexity index is 571. The molecule has 0 saturated carbocycles. The molecule has 1 aliphatic heterocycles. The molecule has 1 aromatic rings. The maximum Gasteiger partial charge on any atom is 0.244 e. The number of sulfonamides is 1. The molecule has 0 amide bonds. The van der Waals surface area contributed by atoms with Gasteiger partial charge in [-0.3, -0.25) is 0 Å². The van der Waals surface area contributed by atoms with Crippen LogP contribution in [-0.4, -0.2) is 45.9 Å². The molecule has 0 spiro atoms. The number of methoxy groups -OCH3 is 1. The summed E-state index contributed by atoms with van der Waals surface area (Å²) in [5.74, 6) is 0.206. The molecule has 10 heteroatoms. The average Bonchev–Trinajstić information content (AvgIpc) is 2.74. The highest BCUT2D eigenvalue weighted by molar-refractivity contribution is 7.89. The first-order chi connectivity index (χ1) is 8.94. The molecule has 0 bridgehead atoms. The highest BCUT2D eigenvalue weighted by Gasteiger charge is 2.31. The fourth-order valence-corrected chi connectivity index (χ4v) is 3.61. The topological polar surface area (TPSA) is 87.7 Å². The molecule has 2 rings (SSSR count). The van der Waals surface area contributed by atoms with Crippen molar-refractivity contribution in [2.75, 3.05) is 20.2 Å². The Balaban J connectivity index is 0.00000200. The summed E-state index contributed by atoms with van der Waals surface area (Å²) in [4.78, 5) is -0.0402. The Morgan fingerprint density at radius 2 is 2.05 bits per heavy atom. The third-order valence-electron chi connectivity index (χ3n) is 2.90. The van der Waals surface area contributed by atoms with E-state index in [0.29, 0.717) is 18.1 Å². The molecular formula is C11H17Cl3N2O4S. The molecule has 21 heavy (non-hydrogen) atoms. The number of hydrogen-bond acceptors (Lipinski definition) is 5. The van der Waals surface area contributed by atoms with Crippen LogP contribution in [0, 0.1) is 0 Å². The van der Waals surface area contributed by atoms with E-state index in [4.69, 9.17) is 16.3 Å². The van der Waals surface area contributed by atoms with E-state index < -0.39 is 22.2 Å². The molecule has 0 radical (unpaired) electrons. The Morgan fingerprint density at radius 1 is 1.38 bits per heavy atom. The molecular weight excluding hydrogens is 363 g/mol. The molecule has 122 valence electrons. The second-order valence-corrected chi connectivity index (χ2v) is 6.37. The SMILES string of the molecule is COc1ccc(Cl)cc1S(=O)(=O)N[C@@H]1CNC[C@H]1O.Cl.Cl. The van der Waals surface area contributed by atoms with Gasteiger partial charge in [0.1, 0.15) is 10.6 Å². The first kappa shape index (κ1) is 20.7. The lowest BCUT2D eigenvalue weighted by Crippen LogP contribution is -2.42. The van der Waals surface area contributed by atoms with Crippen molar-refractivity contribution in [3.8, 4) is 5.75 Å². The van der Waals surface area contributed by atoms with Gasteiger partial charge in [0.2, 0.25) is 10.0 Å². The number of halogens is 3. The molecule has 0 aliphatic carbocycles. The lowest BCUT2D eigenvalue weighted by molar-refractivity contribution is 0.172. The van der Waals surface area contributed by atoms with Gasteiger partial charge in [-0.1, -0.05) is 11.6 Å². The average molecular weight is 380 g/mol. The summed E-state index contributed by atoms with van der Waals surface area (Å²) in [6.45, 7) is 0.739. The normalized spacial score (nSPS) is 21.3. The minimum absolute atomic E-state index is 0. The summed E-state index contributed by atoms with van der Waals surface area (Å²) < 4.78 is 32.0. The molecule has 1 heterocycles. The highest BCUT2D eigenvalue weighted by atomic mass is 35.5. The van der Waals surface area contributed by atoms with E-state index in [1.54, 1.807) is 6.07 Å². The highest BCUT2D eigenvalue weighted by Crippen LogP contribution is 2.27. The third kappa shape index (κ3) is 4.85. The van der Waals surface area contributed by atoms with Crippen LogP contribution in [0.5, 0.6) is 5.75 Å². The largest absolute Gasteiger partial charge is 0.495 e. The van der Waals surface area contributed by atoms with Gasteiger partial charge in [0.15, 0.2) is 0 Å². The number of aliphatic hydroxyl groups excluding tert-OH is 1. The fraction of sp³-hybridized carbons (Fsp3) is 0.455. The van der Waals surface area contributed by atoms with Crippen LogP contribution < -0.4 is 14.8 Å². The van der Waals surface area contributed by atoms with E-state index in [1.165, 1.54) is 19.2 Å². The maximum absolute atomic E-state index is 12.3. The van der Waals surface area contributed by atoms with Crippen molar-refractivity contribution in [3.63, 3.8) is 0 Å². The van der Waals surface area contributed by atoms with Crippen molar-refractivity contribution in [1.82, 2.24) is 10.0 Å². The van der Waals surface area contributed by atoms with Crippen molar-refractivity contribution < 1.29 is 18.3 Å². The van der Waals surface area contributed by atoms with Gasteiger partial charge in [-0.15, -0.1) is 24.8 Å². The lowest BCUT2D eigenvalue weighted by atomic mass is 10.2. The number of ether oxygens (including phenoxy) is 1. The van der Waals surface area contributed by atoms with Gasteiger partial charge in [0.05, 0.1) is 19.3 Å². The van der Waals surface area contributed by atoms with E-state index in [1.807, 2.05) is 0 Å². The van der Waals surface area contributed by atoms with Crippen molar-refractivity contribution in [1.29, 1.82) is 0 Å². The van der Waals surface area contributed by atoms with Crippen molar-refractivity contribution >= 4 is 46.4 Å². The Labute approximate surface area is 141 Å². The zero-order valence-corrected chi connectivity index (χ0v) is 14.3. The molecule has 1 saturated heterocycles. The van der Waals surface area contributed by atoms with E-state index >= 15 is 0 Å². The van der Waals surface area contributed by atoms with E-state index in [-0.39, 0.29) is 35.5 Å². The minimum Gasteiger partial charge on any atom is -0.495 e. The summed E-state index contributed by atoms with van der Waals surface area (Å²) in [6, 6.07) is 3.79. The van der Waals surface area contributed by atoms with Crippen LogP contribution in [0.1, 0.15) is 0 Å². The standard InChI is InChI=1S/C11H15ClN2O4S.2ClH/c1-18-10-3-2-7(12)4-11(10)19(16,17)14-8-5-13-6-9(8)15;;/h2-4,8-9,13-15H,5-6H2,1H3;2*1H/t8-,9-;;/m1../s1. The summed E-state index contributed by atoms with van der Waals surface area (Å²) in [6.07, 6.45) is -0.750. The summed E-state index contributed by atoms with van der Waals surface area (Å²) in [7, 11) is -2.42. The zero-order chi connectivity index (χ0) is 14.0. The van der Waals surface area contributed by atoms with Crippen LogP contribution in [0.2, 0.25) is 5.02 Å². The van der Waals surface area contributed by atoms with Crippen LogP contribution in [0.4, 0.5) is 0 Å². The van der Waals surface area contributed by atoms with Crippen molar-refractivity contribution in [2.45, 2.75) is 17.0 Å². The van der Waals surface area contributed by atoms with Gasteiger partial charge < -0.3 is 15.2 Å². The predicted octanol–water partition coefficient (Wildman–Crippen LogP) is 0.803. The van der Waals surface area contributed by atoms with E-state index in [0.717, 1.165) is 0 Å². The molecule has 2 atom stereocenters. The van der Waals surface area contributed by atoms with Crippen molar-refractivity contribution in [3.05, 3.63) is 23.2 Å². The molecule has 6 nitrogen and oxygen atoms in total. The molecule has 0 unspecified atom stereocenters. The maximum atomic E-state index is 12.3. The van der Waals surface area contributed by atoms with Crippen LogP contribution in [0.25, 0.3) is 0 Å².